The molecule has 248 valence electrons. The Hall–Kier alpha value is -5.94. The van der Waals surface area contributed by atoms with Gasteiger partial charge in [-0.15, -0.1) is 22.7 Å². The molecule has 0 saturated carbocycles. The molecule has 0 spiro atoms. The summed E-state index contributed by atoms with van der Waals surface area (Å²) < 4.78 is 5.24. The Morgan fingerprint density at radius 1 is 0.404 bits per heavy atom. The largest absolute Gasteiger partial charge is 0.312 e. The number of anilines is 5. The zero-order valence-corrected chi connectivity index (χ0v) is 30.1. The third-order valence-corrected chi connectivity index (χ3v) is 12.4. The third kappa shape index (κ3) is 5.39. The second-order valence-electron chi connectivity index (χ2n) is 13.3. The maximum absolute atomic E-state index is 2.46. The number of fused-ring (bicyclic) bond motifs is 6. The summed E-state index contributed by atoms with van der Waals surface area (Å²) in [4.78, 5) is 4.92. The fraction of sp³-hybridized carbons (Fsp3) is 0.0417. The summed E-state index contributed by atoms with van der Waals surface area (Å²) in [5.74, 6) is 0. The van der Waals surface area contributed by atoms with Gasteiger partial charge >= 0.3 is 0 Å². The predicted molar refractivity (Wildman–Crippen MR) is 227 cm³/mol. The molecule has 0 N–H and O–H groups in total. The number of benzene rings is 7. The van der Waals surface area contributed by atoms with E-state index in [9.17, 15) is 0 Å². The van der Waals surface area contributed by atoms with Crippen LogP contribution in [0.15, 0.2) is 188 Å². The molecule has 2 nitrogen and oxygen atoms in total. The normalized spacial score (nSPS) is 12.9. The number of thiophene rings is 2. The Bertz CT molecular complexity index is 2810. The summed E-state index contributed by atoms with van der Waals surface area (Å²) in [6.07, 6.45) is 8.72. The Morgan fingerprint density at radius 3 is 1.73 bits per heavy atom. The van der Waals surface area contributed by atoms with Gasteiger partial charge in [-0.2, -0.15) is 0 Å². The van der Waals surface area contributed by atoms with Crippen LogP contribution in [0, 0.1) is 0 Å². The van der Waals surface area contributed by atoms with Crippen LogP contribution in [-0.4, -0.2) is 0 Å². The van der Waals surface area contributed by atoms with Crippen molar-refractivity contribution in [3.05, 3.63) is 188 Å². The second kappa shape index (κ2) is 13.0. The summed E-state index contributed by atoms with van der Waals surface area (Å²) in [7, 11) is 0. The minimum absolute atomic E-state index is 0.966. The van der Waals surface area contributed by atoms with E-state index in [1.807, 2.05) is 22.7 Å². The Labute approximate surface area is 311 Å². The molecule has 0 aliphatic heterocycles. The molecule has 0 atom stereocenters. The fourth-order valence-electron chi connectivity index (χ4n) is 7.65. The van der Waals surface area contributed by atoms with Crippen LogP contribution in [0.1, 0.15) is 12.8 Å². The number of nitrogens with zero attached hydrogens (tertiary/aromatic N) is 2. The number of hydrogen-bond acceptors (Lipinski definition) is 4. The van der Waals surface area contributed by atoms with E-state index in [1.165, 1.54) is 57.2 Å². The maximum atomic E-state index is 2.46. The van der Waals surface area contributed by atoms with Crippen molar-refractivity contribution in [2.24, 2.45) is 0 Å². The van der Waals surface area contributed by atoms with E-state index in [0.717, 1.165) is 41.3 Å². The van der Waals surface area contributed by atoms with Crippen molar-refractivity contribution in [2.45, 2.75) is 12.8 Å². The van der Waals surface area contributed by atoms with Crippen molar-refractivity contribution in [2.75, 3.05) is 9.80 Å². The molecule has 7 aromatic carbocycles. The van der Waals surface area contributed by atoms with E-state index >= 15 is 0 Å². The van der Waals surface area contributed by atoms with Gasteiger partial charge in [0.15, 0.2) is 0 Å². The first kappa shape index (κ1) is 30.8. The zero-order chi connectivity index (χ0) is 34.4. The molecule has 1 aliphatic rings. The molecule has 2 heterocycles. The van der Waals surface area contributed by atoms with Crippen molar-refractivity contribution in [3.63, 3.8) is 0 Å². The van der Waals surface area contributed by atoms with E-state index in [4.69, 9.17) is 0 Å². The van der Waals surface area contributed by atoms with Gasteiger partial charge in [0.25, 0.3) is 0 Å². The minimum Gasteiger partial charge on any atom is -0.312 e. The van der Waals surface area contributed by atoms with Crippen LogP contribution in [0.2, 0.25) is 0 Å². The number of allylic oxidation sites excluding steroid dienone is 4. The highest BCUT2D eigenvalue weighted by Crippen LogP contribution is 2.48. The van der Waals surface area contributed by atoms with Gasteiger partial charge in [0.1, 0.15) is 0 Å². The first-order chi connectivity index (χ1) is 25.8. The summed E-state index contributed by atoms with van der Waals surface area (Å²) in [5.41, 5.74) is 9.34. The third-order valence-electron chi connectivity index (χ3n) is 10.1. The molecule has 0 radical (unpaired) electrons. The molecule has 0 amide bonds. The lowest BCUT2D eigenvalue weighted by atomic mass is 9.99. The van der Waals surface area contributed by atoms with Crippen LogP contribution in [-0.2, 0) is 0 Å². The molecule has 10 rings (SSSR count). The van der Waals surface area contributed by atoms with Crippen LogP contribution < -0.4 is 9.80 Å². The van der Waals surface area contributed by atoms with Crippen molar-refractivity contribution in [1.29, 1.82) is 0 Å². The molecule has 52 heavy (non-hydrogen) atoms. The smallest absolute Gasteiger partial charge is 0.0708 e. The average Bonchev–Trinajstić information content (AvgIpc) is 3.77. The van der Waals surface area contributed by atoms with Crippen molar-refractivity contribution >= 4 is 91.5 Å². The lowest BCUT2D eigenvalue weighted by Gasteiger charge is -2.35. The van der Waals surface area contributed by atoms with E-state index in [0.29, 0.717) is 0 Å². The average molecular weight is 703 g/mol. The van der Waals surface area contributed by atoms with Crippen LogP contribution in [0.5, 0.6) is 0 Å². The quantitative estimate of drug-likeness (QED) is 0.163. The number of rotatable bonds is 7. The van der Waals surface area contributed by atoms with E-state index in [-0.39, 0.29) is 0 Å². The first-order valence-corrected chi connectivity index (χ1v) is 19.4. The Kier molecular flexibility index (Phi) is 7.71. The van der Waals surface area contributed by atoms with Gasteiger partial charge in [0.05, 0.1) is 11.4 Å². The molecule has 1 aliphatic carbocycles. The minimum atomic E-state index is 0.966. The molecule has 9 aromatic rings. The van der Waals surface area contributed by atoms with Crippen molar-refractivity contribution in [3.8, 4) is 11.1 Å². The topological polar surface area (TPSA) is 6.48 Å². The van der Waals surface area contributed by atoms with E-state index < -0.39 is 0 Å². The molecular formula is C48H34N2S2. The summed E-state index contributed by atoms with van der Waals surface area (Å²) in [5, 5.41) is 5.24. The lowest BCUT2D eigenvalue weighted by Crippen LogP contribution is -2.21. The van der Waals surface area contributed by atoms with Gasteiger partial charge in [-0.3, -0.25) is 0 Å². The molecule has 0 bridgehead atoms. The first-order valence-electron chi connectivity index (χ1n) is 17.8. The van der Waals surface area contributed by atoms with Crippen molar-refractivity contribution < 1.29 is 0 Å². The SMILES string of the molecule is C1=CCCC(N(c2ccccc2)c2ccc(-c3ccc4sc5ccccc5c4c3)cc2N(c2ccccc2)c2ccc3c(c2)sc2ccccc23)=C1. The molecule has 4 heteroatoms. The van der Waals surface area contributed by atoms with Gasteiger partial charge in [-0.1, -0.05) is 103 Å². The highest BCUT2D eigenvalue weighted by atomic mass is 32.1. The molecule has 0 unspecified atom stereocenters. The zero-order valence-electron chi connectivity index (χ0n) is 28.4. The van der Waals surface area contributed by atoms with Gasteiger partial charge < -0.3 is 9.80 Å². The standard InChI is InChI=1S/C48H34N2S2/c1-4-14-35(15-5-1)49(36-16-6-2-7-17-36)43-28-24-34(33-25-29-47-42(30-33)40-21-11-13-23-46(40)51-47)31-44(43)50(37-18-8-3-9-19-37)38-26-27-41-39-20-10-12-22-45(39)52-48(41)32-38/h1-6,8-16,18-32H,7,17H2. The van der Waals surface area contributed by atoms with Crippen LogP contribution in [0.4, 0.5) is 28.4 Å². The van der Waals surface area contributed by atoms with Gasteiger partial charge in [0.2, 0.25) is 0 Å². The maximum Gasteiger partial charge on any atom is 0.0708 e. The van der Waals surface area contributed by atoms with Crippen LogP contribution in [0.25, 0.3) is 51.5 Å². The Balaban J connectivity index is 1.24. The summed E-state index contributed by atoms with van der Waals surface area (Å²) in [6.45, 7) is 0. The molecule has 2 aromatic heterocycles. The number of hydrogen-bond donors (Lipinski definition) is 0. The van der Waals surface area contributed by atoms with Crippen molar-refractivity contribution in [1.82, 2.24) is 0 Å². The van der Waals surface area contributed by atoms with Crippen LogP contribution >= 0.6 is 22.7 Å². The van der Waals surface area contributed by atoms with Gasteiger partial charge in [0, 0.05) is 63.1 Å². The summed E-state index contributed by atoms with van der Waals surface area (Å²) in [6, 6.07) is 60.2. The Morgan fingerprint density at radius 2 is 1.00 bits per heavy atom. The molecule has 0 saturated heterocycles. The monoisotopic (exact) mass is 702 g/mol. The molecule has 0 fully saturated rings. The fourth-order valence-corrected chi connectivity index (χ4v) is 9.87. The second-order valence-corrected chi connectivity index (χ2v) is 15.4. The predicted octanol–water partition coefficient (Wildman–Crippen LogP) is 14.9. The van der Waals surface area contributed by atoms with Gasteiger partial charge in [-0.05, 0) is 103 Å². The highest BCUT2D eigenvalue weighted by molar-refractivity contribution is 7.26. The van der Waals surface area contributed by atoms with Crippen LogP contribution in [0.3, 0.4) is 0 Å². The van der Waals surface area contributed by atoms with E-state index in [2.05, 4.69) is 192 Å². The summed E-state index contributed by atoms with van der Waals surface area (Å²) >= 11 is 3.73. The van der Waals surface area contributed by atoms with Gasteiger partial charge in [-0.25, -0.2) is 0 Å². The lowest BCUT2D eigenvalue weighted by molar-refractivity contribution is 0.917. The van der Waals surface area contributed by atoms with E-state index in [1.54, 1.807) is 0 Å². The highest BCUT2D eigenvalue weighted by Gasteiger charge is 2.25. The number of para-hydroxylation sites is 2. The molecular weight excluding hydrogens is 669 g/mol.